The Kier molecular flexibility index (Phi) is 0.608. The number of hydrogen-bond donors (Lipinski definition) is 0. The van der Waals surface area contributed by atoms with Gasteiger partial charge in [-0.1, -0.05) is 6.58 Å². The average molecular weight is 162 g/mol. The lowest BCUT2D eigenvalue weighted by Crippen LogP contribution is -2.41. The van der Waals surface area contributed by atoms with Crippen molar-refractivity contribution in [1.82, 2.24) is 0 Å². The van der Waals surface area contributed by atoms with Gasteiger partial charge >= 0.3 is 5.97 Å². The third kappa shape index (κ3) is 0.318. The maximum absolute atomic E-state index is 11.5. The zero-order valence-electron chi connectivity index (χ0n) is 6.75. The average Bonchev–Trinajstić information content (AvgIpc) is 2.59. The van der Waals surface area contributed by atoms with E-state index in [-0.39, 0.29) is 17.5 Å². The number of rotatable bonds is 0. The first-order chi connectivity index (χ1) is 5.75. The second-order valence-corrected chi connectivity index (χ2v) is 4.71. The fraction of sp³-hybridized carbons (Fsp3) is 0.700. The number of carbonyl (C=O) groups excluding carboxylic acids is 1. The largest absolute Gasteiger partial charge is 0.457 e. The molecule has 0 radical (unpaired) electrons. The summed E-state index contributed by atoms with van der Waals surface area (Å²) >= 11 is 0. The van der Waals surface area contributed by atoms with Crippen molar-refractivity contribution in [2.45, 2.75) is 18.9 Å². The van der Waals surface area contributed by atoms with Crippen LogP contribution in [0.5, 0.6) is 0 Å². The van der Waals surface area contributed by atoms with Crippen molar-refractivity contribution in [3.05, 3.63) is 12.2 Å². The number of hydrogen-bond acceptors (Lipinski definition) is 2. The number of ether oxygens (including phenoxy) is 1. The molecule has 1 heterocycles. The predicted molar refractivity (Wildman–Crippen MR) is 41.2 cm³/mol. The molecule has 0 amide bonds. The molecule has 1 saturated heterocycles. The van der Waals surface area contributed by atoms with Crippen molar-refractivity contribution < 1.29 is 9.53 Å². The minimum Gasteiger partial charge on any atom is -0.457 e. The van der Waals surface area contributed by atoms with Gasteiger partial charge < -0.3 is 4.74 Å². The monoisotopic (exact) mass is 162 g/mol. The Morgan fingerprint density at radius 3 is 3.25 bits per heavy atom. The van der Waals surface area contributed by atoms with Gasteiger partial charge in [0.1, 0.15) is 6.10 Å². The fourth-order valence-electron chi connectivity index (χ4n) is 3.81. The summed E-state index contributed by atoms with van der Waals surface area (Å²) in [4.78, 5) is 11.5. The van der Waals surface area contributed by atoms with Gasteiger partial charge in [-0.3, -0.25) is 4.79 Å². The highest BCUT2D eigenvalue weighted by Gasteiger charge is 2.81. The Bertz CT molecular complexity index is 333. The van der Waals surface area contributed by atoms with Gasteiger partial charge in [-0.25, -0.2) is 0 Å². The van der Waals surface area contributed by atoms with Crippen LogP contribution in [0.2, 0.25) is 0 Å². The van der Waals surface area contributed by atoms with Gasteiger partial charge in [0.15, 0.2) is 0 Å². The van der Waals surface area contributed by atoms with Gasteiger partial charge in [0, 0.05) is 5.92 Å². The molecule has 1 aliphatic heterocycles. The molecule has 0 aromatic carbocycles. The van der Waals surface area contributed by atoms with Crippen molar-refractivity contribution in [2.24, 2.45) is 23.2 Å². The first kappa shape index (κ1) is 5.79. The zero-order valence-corrected chi connectivity index (χ0v) is 6.75. The van der Waals surface area contributed by atoms with E-state index in [4.69, 9.17) is 4.74 Å². The molecule has 2 nitrogen and oxygen atoms in total. The van der Waals surface area contributed by atoms with E-state index in [9.17, 15) is 4.79 Å². The minimum absolute atomic E-state index is 0.0104. The second kappa shape index (κ2) is 1.26. The van der Waals surface area contributed by atoms with E-state index < -0.39 is 0 Å². The molecule has 5 atom stereocenters. The topological polar surface area (TPSA) is 26.3 Å². The number of carbonyl (C=O) groups is 1. The standard InChI is InChI=1S/C10H10O2/c1-4-6-2-5-3-10(5)7(6)8(4)12-9(10)11/h5-8H,1-3H2. The molecule has 4 rings (SSSR count). The SMILES string of the molecule is C=C1C2CC3CC34C(=O)OC1C24. The molecule has 0 aromatic heterocycles. The van der Waals surface area contributed by atoms with Crippen molar-refractivity contribution in [1.29, 1.82) is 0 Å². The summed E-state index contributed by atoms with van der Waals surface area (Å²) in [7, 11) is 0. The molecule has 1 spiro atoms. The Morgan fingerprint density at radius 1 is 1.58 bits per heavy atom. The second-order valence-electron chi connectivity index (χ2n) is 4.71. The van der Waals surface area contributed by atoms with Crippen LogP contribution in [0.1, 0.15) is 12.8 Å². The minimum atomic E-state index is 0.0104. The first-order valence-corrected chi connectivity index (χ1v) is 4.65. The maximum atomic E-state index is 11.5. The van der Waals surface area contributed by atoms with Gasteiger partial charge in [-0.15, -0.1) is 0 Å². The van der Waals surface area contributed by atoms with Gasteiger partial charge in [0.2, 0.25) is 0 Å². The highest BCUT2D eigenvalue weighted by molar-refractivity contribution is 5.86. The Hall–Kier alpha value is -0.790. The molecule has 2 heteroatoms. The first-order valence-electron chi connectivity index (χ1n) is 4.65. The van der Waals surface area contributed by atoms with Crippen molar-refractivity contribution in [2.75, 3.05) is 0 Å². The predicted octanol–water partition coefficient (Wildman–Crippen LogP) is 1.12. The summed E-state index contributed by atoms with van der Waals surface area (Å²) in [5.74, 6) is 1.93. The highest BCUT2D eigenvalue weighted by Crippen LogP contribution is 2.78. The van der Waals surface area contributed by atoms with Gasteiger partial charge in [0.25, 0.3) is 0 Å². The third-order valence-electron chi connectivity index (χ3n) is 4.50. The molecule has 0 aromatic rings. The summed E-state index contributed by atoms with van der Waals surface area (Å²) in [6.45, 7) is 3.99. The third-order valence-corrected chi connectivity index (χ3v) is 4.50. The Balaban J connectivity index is 1.93. The van der Waals surface area contributed by atoms with E-state index in [0.29, 0.717) is 17.8 Å². The fourth-order valence-corrected chi connectivity index (χ4v) is 3.81. The summed E-state index contributed by atoms with van der Waals surface area (Å²) in [5.41, 5.74) is 1.20. The number of esters is 1. The Labute approximate surface area is 70.6 Å². The van der Waals surface area contributed by atoms with E-state index in [0.717, 1.165) is 6.42 Å². The van der Waals surface area contributed by atoms with Crippen LogP contribution >= 0.6 is 0 Å². The molecular weight excluding hydrogens is 152 g/mol. The molecular formula is C10H10O2. The van der Waals surface area contributed by atoms with E-state index in [1.807, 2.05) is 0 Å². The summed E-state index contributed by atoms with van der Waals surface area (Å²) in [6, 6.07) is 0. The van der Waals surface area contributed by atoms with E-state index in [1.165, 1.54) is 12.0 Å². The van der Waals surface area contributed by atoms with Gasteiger partial charge in [-0.2, -0.15) is 0 Å². The van der Waals surface area contributed by atoms with Crippen LogP contribution in [0.15, 0.2) is 12.2 Å². The van der Waals surface area contributed by atoms with Crippen molar-refractivity contribution >= 4 is 5.97 Å². The van der Waals surface area contributed by atoms with E-state index >= 15 is 0 Å². The lowest BCUT2D eigenvalue weighted by atomic mass is 9.65. The van der Waals surface area contributed by atoms with Crippen LogP contribution in [0.4, 0.5) is 0 Å². The van der Waals surface area contributed by atoms with Crippen LogP contribution in [-0.4, -0.2) is 12.1 Å². The van der Waals surface area contributed by atoms with E-state index in [2.05, 4.69) is 6.58 Å². The molecule has 0 bridgehead atoms. The van der Waals surface area contributed by atoms with Crippen LogP contribution in [0, 0.1) is 23.2 Å². The normalized spacial score (nSPS) is 63.7. The molecule has 5 unspecified atom stereocenters. The summed E-state index contributed by atoms with van der Waals surface area (Å²) < 4.78 is 5.31. The summed E-state index contributed by atoms with van der Waals surface area (Å²) in [6.07, 6.45) is 2.45. The summed E-state index contributed by atoms with van der Waals surface area (Å²) in [5, 5.41) is 0. The van der Waals surface area contributed by atoms with E-state index in [1.54, 1.807) is 0 Å². The Morgan fingerprint density at radius 2 is 2.42 bits per heavy atom. The molecule has 4 aliphatic rings. The van der Waals surface area contributed by atoms with Crippen molar-refractivity contribution in [3.8, 4) is 0 Å². The van der Waals surface area contributed by atoms with Crippen LogP contribution < -0.4 is 0 Å². The molecule has 62 valence electrons. The zero-order chi connectivity index (χ0) is 8.09. The molecule has 3 aliphatic carbocycles. The lowest BCUT2D eigenvalue weighted by molar-refractivity contribution is -0.145. The van der Waals surface area contributed by atoms with Gasteiger partial charge in [0.05, 0.1) is 5.41 Å². The molecule has 12 heavy (non-hydrogen) atoms. The van der Waals surface area contributed by atoms with Crippen LogP contribution in [0.3, 0.4) is 0 Å². The van der Waals surface area contributed by atoms with Crippen LogP contribution in [-0.2, 0) is 9.53 Å². The van der Waals surface area contributed by atoms with Crippen LogP contribution in [0.25, 0.3) is 0 Å². The lowest BCUT2D eigenvalue weighted by Gasteiger charge is -2.39. The van der Waals surface area contributed by atoms with Crippen molar-refractivity contribution in [3.63, 3.8) is 0 Å². The quantitative estimate of drug-likeness (QED) is 0.394. The van der Waals surface area contributed by atoms with Gasteiger partial charge in [-0.05, 0) is 30.3 Å². The molecule has 4 fully saturated rings. The molecule has 0 N–H and O–H groups in total. The highest BCUT2D eigenvalue weighted by atomic mass is 16.6. The smallest absolute Gasteiger partial charge is 0.313 e. The molecule has 3 saturated carbocycles. The maximum Gasteiger partial charge on any atom is 0.313 e.